The molecule has 0 saturated carbocycles. The Kier molecular flexibility index (Phi) is 5.78. The van der Waals surface area contributed by atoms with Crippen LogP contribution in [0.2, 0.25) is 10.0 Å². The van der Waals surface area contributed by atoms with Crippen LogP contribution in [-0.2, 0) is 0 Å². The number of furan rings is 1. The van der Waals surface area contributed by atoms with Gasteiger partial charge in [-0.15, -0.1) is 11.3 Å². The largest absolute Gasteiger partial charge is 0.451 e. The molecule has 0 aliphatic heterocycles. The molecule has 2 aromatic heterocycles. The Morgan fingerprint density at radius 1 is 0.969 bits per heavy atom. The number of aromatic nitrogens is 1. The maximum Gasteiger partial charge on any atom is 0.291 e. The average Bonchev–Trinajstić information content (AvgIpc) is 3.44. The van der Waals surface area contributed by atoms with Crippen molar-refractivity contribution in [3.8, 4) is 21.9 Å². The van der Waals surface area contributed by atoms with E-state index in [0.29, 0.717) is 27.1 Å². The molecule has 5 aromatic rings. The van der Waals surface area contributed by atoms with Crippen molar-refractivity contribution >= 4 is 72.3 Å². The zero-order valence-electron chi connectivity index (χ0n) is 16.2. The van der Waals surface area contributed by atoms with Crippen LogP contribution in [0.1, 0.15) is 10.6 Å². The highest BCUT2D eigenvalue weighted by molar-refractivity contribution is 9.10. The summed E-state index contributed by atoms with van der Waals surface area (Å²) in [5, 5.41) is 4.55. The van der Waals surface area contributed by atoms with Crippen molar-refractivity contribution in [1.82, 2.24) is 4.98 Å². The lowest BCUT2D eigenvalue weighted by molar-refractivity contribution is 0.0997. The van der Waals surface area contributed by atoms with Gasteiger partial charge in [-0.2, -0.15) is 0 Å². The van der Waals surface area contributed by atoms with Crippen LogP contribution in [0.5, 0.6) is 0 Å². The Bertz CT molecular complexity index is 1450. The second-order valence-corrected chi connectivity index (χ2v) is 9.63. The Balaban J connectivity index is 1.47. The van der Waals surface area contributed by atoms with Crippen LogP contribution in [0.4, 0.5) is 5.69 Å². The zero-order chi connectivity index (χ0) is 22.2. The van der Waals surface area contributed by atoms with Gasteiger partial charge >= 0.3 is 0 Å². The van der Waals surface area contributed by atoms with Gasteiger partial charge in [0.2, 0.25) is 0 Å². The molecular formula is C24H13BrCl2N2O2S. The van der Waals surface area contributed by atoms with E-state index in [-0.39, 0.29) is 11.7 Å². The highest BCUT2D eigenvalue weighted by Gasteiger charge is 2.18. The van der Waals surface area contributed by atoms with E-state index in [1.165, 1.54) is 0 Å². The molecule has 0 radical (unpaired) electrons. The van der Waals surface area contributed by atoms with Crippen molar-refractivity contribution in [2.45, 2.75) is 0 Å². The van der Waals surface area contributed by atoms with Crippen molar-refractivity contribution in [3.05, 3.63) is 93.1 Å². The first-order valence-electron chi connectivity index (χ1n) is 9.50. The van der Waals surface area contributed by atoms with E-state index in [0.717, 1.165) is 25.3 Å². The number of thiazole rings is 1. The number of carbonyl (C=O) groups is 1. The van der Waals surface area contributed by atoms with Crippen molar-refractivity contribution in [2.75, 3.05) is 5.32 Å². The van der Waals surface area contributed by atoms with Crippen LogP contribution in [-0.4, -0.2) is 10.9 Å². The molecule has 2 heterocycles. The van der Waals surface area contributed by atoms with Gasteiger partial charge in [-0.25, -0.2) is 4.98 Å². The lowest BCUT2D eigenvalue weighted by Crippen LogP contribution is -2.11. The van der Waals surface area contributed by atoms with E-state index < -0.39 is 0 Å². The normalized spacial score (nSPS) is 11.1. The fourth-order valence-corrected chi connectivity index (χ4v) is 5.02. The van der Waals surface area contributed by atoms with Crippen LogP contribution in [0.3, 0.4) is 0 Å². The quantitative estimate of drug-likeness (QED) is 0.247. The highest BCUT2D eigenvalue weighted by Crippen LogP contribution is 2.37. The smallest absolute Gasteiger partial charge is 0.291 e. The number of halogens is 3. The number of carbonyl (C=O) groups excluding carboxylic acids is 1. The lowest BCUT2D eigenvalue weighted by Gasteiger charge is -2.09. The third kappa shape index (κ3) is 4.07. The molecule has 0 fully saturated rings. The van der Waals surface area contributed by atoms with Gasteiger partial charge in [-0.1, -0.05) is 57.3 Å². The summed E-state index contributed by atoms with van der Waals surface area (Å²) in [6.07, 6.45) is 0. The van der Waals surface area contributed by atoms with Gasteiger partial charge in [-0.05, 0) is 54.6 Å². The van der Waals surface area contributed by atoms with Crippen molar-refractivity contribution in [1.29, 1.82) is 0 Å². The maximum absolute atomic E-state index is 13.0. The molecule has 0 bridgehead atoms. The lowest BCUT2D eigenvalue weighted by atomic mass is 10.2. The molecule has 0 unspecified atom stereocenters. The predicted octanol–water partition coefficient (Wildman–Crippen LogP) is 8.54. The third-order valence-corrected chi connectivity index (χ3v) is 7.18. The van der Waals surface area contributed by atoms with Crippen LogP contribution in [0.15, 0.2) is 81.7 Å². The fourth-order valence-electron chi connectivity index (χ4n) is 3.27. The SMILES string of the molecule is O=C(Nc1ccc(Br)cc1-c1nc2ccccc2s1)c1ccc(-c2cccc(Cl)c2Cl)o1. The summed E-state index contributed by atoms with van der Waals surface area (Å²) >= 11 is 17.5. The minimum atomic E-state index is -0.376. The first kappa shape index (κ1) is 21.2. The van der Waals surface area contributed by atoms with E-state index in [1.54, 1.807) is 41.7 Å². The van der Waals surface area contributed by atoms with Crippen LogP contribution < -0.4 is 5.32 Å². The van der Waals surface area contributed by atoms with Gasteiger partial charge in [0.15, 0.2) is 5.76 Å². The average molecular weight is 544 g/mol. The number of hydrogen-bond donors (Lipinski definition) is 1. The van der Waals surface area contributed by atoms with E-state index in [2.05, 4.69) is 21.2 Å². The Hall–Kier alpha value is -2.64. The molecular weight excluding hydrogens is 531 g/mol. The van der Waals surface area contributed by atoms with Gasteiger partial charge in [0.1, 0.15) is 10.8 Å². The third-order valence-electron chi connectivity index (χ3n) is 4.80. The molecule has 4 nitrogen and oxygen atoms in total. The van der Waals surface area contributed by atoms with Gasteiger partial charge in [0.25, 0.3) is 5.91 Å². The first-order chi connectivity index (χ1) is 15.5. The van der Waals surface area contributed by atoms with Crippen LogP contribution in [0, 0.1) is 0 Å². The number of rotatable bonds is 4. The number of benzene rings is 3. The molecule has 1 N–H and O–H groups in total. The maximum atomic E-state index is 13.0. The Morgan fingerprint density at radius 2 is 1.81 bits per heavy atom. The number of nitrogens with one attached hydrogen (secondary N) is 1. The van der Waals surface area contributed by atoms with Gasteiger partial charge in [0, 0.05) is 15.6 Å². The number of para-hydroxylation sites is 1. The molecule has 0 spiro atoms. The van der Waals surface area contributed by atoms with Gasteiger partial charge in [0.05, 0.1) is 25.9 Å². The topological polar surface area (TPSA) is 55.1 Å². The minimum Gasteiger partial charge on any atom is -0.451 e. The van der Waals surface area contributed by atoms with Crippen molar-refractivity contribution in [3.63, 3.8) is 0 Å². The fraction of sp³-hybridized carbons (Fsp3) is 0. The number of nitrogens with zero attached hydrogens (tertiary/aromatic N) is 1. The summed E-state index contributed by atoms with van der Waals surface area (Å²) in [7, 11) is 0. The molecule has 0 saturated heterocycles. The molecule has 1 amide bonds. The second kappa shape index (κ2) is 8.71. The molecule has 8 heteroatoms. The second-order valence-electron chi connectivity index (χ2n) is 6.90. The molecule has 5 rings (SSSR count). The molecule has 32 heavy (non-hydrogen) atoms. The number of amides is 1. The molecule has 158 valence electrons. The van der Waals surface area contributed by atoms with E-state index in [1.807, 2.05) is 42.5 Å². The molecule has 0 aliphatic rings. The van der Waals surface area contributed by atoms with Gasteiger partial charge < -0.3 is 9.73 Å². The van der Waals surface area contributed by atoms with Crippen molar-refractivity contribution in [2.24, 2.45) is 0 Å². The molecule has 3 aromatic carbocycles. The summed E-state index contributed by atoms with van der Waals surface area (Å²) in [6.45, 7) is 0. The van der Waals surface area contributed by atoms with Crippen LogP contribution >= 0.6 is 50.5 Å². The number of anilines is 1. The summed E-state index contributed by atoms with van der Waals surface area (Å²) in [4.78, 5) is 17.7. The van der Waals surface area contributed by atoms with E-state index >= 15 is 0 Å². The highest BCUT2D eigenvalue weighted by atomic mass is 79.9. The first-order valence-corrected chi connectivity index (χ1v) is 11.9. The summed E-state index contributed by atoms with van der Waals surface area (Å²) in [6, 6.07) is 22.1. The predicted molar refractivity (Wildman–Crippen MR) is 135 cm³/mol. The molecule has 0 aliphatic carbocycles. The standard InChI is InChI=1S/C24H13BrCl2N2O2S/c25-13-8-9-17(15(12-13)24-29-18-6-1-2-7-21(18)32-24)28-23(30)20-11-10-19(31-20)14-4-3-5-16(26)22(14)27/h1-12H,(H,28,30). The number of fused-ring (bicyclic) bond motifs is 1. The summed E-state index contributed by atoms with van der Waals surface area (Å²) in [5.74, 6) is 0.248. The zero-order valence-corrected chi connectivity index (χ0v) is 20.1. The van der Waals surface area contributed by atoms with E-state index in [4.69, 9.17) is 32.6 Å². The van der Waals surface area contributed by atoms with Crippen molar-refractivity contribution < 1.29 is 9.21 Å². The van der Waals surface area contributed by atoms with Gasteiger partial charge in [-0.3, -0.25) is 4.79 Å². The summed E-state index contributed by atoms with van der Waals surface area (Å²) in [5.41, 5.74) is 2.99. The molecule has 0 atom stereocenters. The minimum absolute atomic E-state index is 0.161. The monoisotopic (exact) mass is 542 g/mol. The van der Waals surface area contributed by atoms with E-state index in [9.17, 15) is 4.79 Å². The Labute approximate surface area is 205 Å². The van der Waals surface area contributed by atoms with Crippen LogP contribution in [0.25, 0.3) is 32.1 Å². The Morgan fingerprint density at radius 3 is 2.66 bits per heavy atom. The summed E-state index contributed by atoms with van der Waals surface area (Å²) < 4.78 is 7.75. The number of hydrogen-bond acceptors (Lipinski definition) is 4.